The van der Waals surface area contributed by atoms with Crippen molar-refractivity contribution in [2.75, 3.05) is 11.5 Å². The molecule has 2 aromatic carbocycles. The number of hydrogen-bond acceptors (Lipinski definition) is 2. The second-order valence-corrected chi connectivity index (χ2v) is 5.88. The molecule has 0 aliphatic carbocycles. The molecule has 2 nitrogen and oxygen atoms in total. The summed E-state index contributed by atoms with van der Waals surface area (Å²) in [5, 5.41) is 2.08. The standard InChI is InChI=1S/C22H26N2/c1-5-9-15-13-14-19(23)21-20(15)17(11-7-3)16(10-6-2)18(12-8-4)22(21)24/h5-8,13-14H,1-4,9-12,23-24H2. The maximum Gasteiger partial charge on any atom is 0.0453 e. The van der Waals surface area contributed by atoms with Crippen LogP contribution in [0.15, 0.2) is 62.8 Å². The first-order chi connectivity index (χ1) is 11.6. The van der Waals surface area contributed by atoms with Gasteiger partial charge in [0.1, 0.15) is 0 Å². The maximum atomic E-state index is 6.55. The Morgan fingerprint density at radius 3 is 1.79 bits per heavy atom. The third-order valence-electron chi connectivity index (χ3n) is 4.36. The first-order valence-electron chi connectivity index (χ1n) is 8.17. The Bertz CT molecular complexity index is 813. The van der Waals surface area contributed by atoms with Crippen LogP contribution >= 0.6 is 0 Å². The van der Waals surface area contributed by atoms with Crippen molar-refractivity contribution >= 4 is 22.1 Å². The van der Waals surface area contributed by atoms with E-state index in [2.05, 4.69) is 32.4 Å². The molecule has 0 saturated carbocycles. The summed E-state index contributed by atoms with van der Waals surface area (Å²) in [5.74, 6) is 0. The summed E-state index contributed by atoms with van der Waals surface area (Å²) in [4.78, 5) is 0. The Kier molecular flexibility index (Phi) is 5.64. The molecule has 0 spiro atoms. The summed E-state index contributed by atoms with van der Waals surface area (Å²) < 4.78 is 0. The van der Waals surface area contributed by atoms with Crippen molar-refractivity contribution in [3.63, 3.8) is 0 Å². The van der Waals surface area contributed by atoms with Crippen molar-refractivity contribution in [3.8, 4) is 0 Å². The van der Waals surface area contributed by atoms with Gasteiger partial charge < -0.3 is 11.5 Å². The SMILES string of the molecule is C=CCc1c(CC=C)c(CC=C)c2c(CC=C)ccc(N)c2c1N. The molecule has 0 saturated heterocycles. The van der Waals surface area contributed by atoms with E-state index in [0.717, 1.165) is 41.3 Å². The van der Waals surface area contributed by atoms with Crippen molar-refractivity contribution in [2.24, 2.45) is 0 Å². The van der Waals surface area contributed by atoms with Gasteiger partial charge in [0.2, 0.25) is 0 Å². The minimum Gasteiger partial charge on any atom is -0.398 e. The molecule has 0 aromatic heterocycles. The lowest BCUT2D eigenvalue weighted by atomic mass is 9.84. The van der Waals surface area contributed by atoms with E-state index in [4.69, 9.17) is 11.5 Å². The third-order valence-corrected chi connectivity index (χ3v) is 4.36. The third kappa shape index (κ3) is 3.00. The normalized spacial score (nSPS) is 10.5. The lowest BCUT2D eigenvalue weighted by molar-refractivity contribution is 1.10. The van der Waals surface area contributed by atoms with Crippen LogP contribution in [0.25, 0.3) is 10.8 Å². The van der Waals surface area contributed by atoms with Crippen LogP contribution in [0.5, 0.6) is 0 Å². The average molecular weight is 318 g/mol. The van der Waals surface area contributed by atoms with Crippen LogP contribution < -0.4 is 11.5 Å². The number of benzene rings is 2. The van der Waals surface area contributed by atoms with Gasteiger partial charge in [-0.15, -0.1) is 26.3 Å². The Labute approximate surface area is 144 Å². The van der Waals surface area contributed by atoms with Gasteiger partial charge in [0.25, 0.3) is 0 Å². The van der Waals surface area contributed by atoms with Crippen molar-refractivity contribution in [1.82, 2.24) is 0 Å². The van der Waals surface area contributed by atoms with Gasteiger partial charge in [-0.3, -0.25) is 0 Å². The van der Waals surface area contributed by atoms with E-state index in [0.29, 0.717) is 12.1 Å². The smallest absolute Gasteiger partial charge is 0.0453 e. The molecule has 2 heteroatoms. The van der Waals surface area contributed by atoms with Gasteiger partial charge in [-0.25, -0.2) is 0 Å². The van der Waals surface area contributed by atoms with Gasteiger partial charge in [-0.1, -0.05) is 30.4 Å². The molecule has 2 aromatic rings. The zero-order chi connectivity index (χ0) is 17.7. The number of anilines is 2. The second-order valence-electron chi connectivity index (χ2n) is 5.88. The van der Waals surface area contributed by atoms with E-state index in [1.54, 1.807) is 0 Å². The van der Waals surface area contributed by atoms with Crippen LogP contribution in [0.3, 0.4) is 0 Å². The summed E-state index contributed by atoms with van der Waals surface area (Å²) in [6.07, 6.45) is 10.6. The predicted octanol–water partition coefficient (Wildman–Crippen LogP) is 4.92. The maximum absolute atomic E-state index is 6.55. The fourth-order valence-electron chi connectivity index (χ4n) is 3.41. The highest BCUT2D eigenvalue weighted by atomic mass is 14.6. The molecule has 0 unspecified atom stereocenters. The van der Waals surface area contributed by atoms with E-state index in [-0.39, 0.29) is 0 Å². The summed E-state index contributed by atoms with van der Waals surface area (Å²) >= 11 is 0. The first-order valence-corrected chi connectivity index (χ1v) is 8.17. The fraction of sp³-hybridized carbons (Fsp3) is 0.182. The monoisotopic (exact) mass is 318 g/mol. The number of nitrogens with two attached hydrogens (primary N) is 2. The van der Waals surface area contributed by atoms with Crippen LogP contribution in [0.4, 0.5) is 11.4 Å². The number of hydrogen-bond donors (Lipinski definition) is 2. The molecule has 0 aliphatic heterocycles. The summed E-state index contributed by atoms with van der Waals surface area (Å²) in [7, 11) is 0. The average Bonchev–Trinajstić information content (AvgIpc) is 2.56. The second kappa shape index (κ2) is 7.69. The van der Waals surface area contributed by atoms with E-state index >= 15 is 0 Å². The van der Waals surface area contributed by atoms with E-state index in [1.165, 1.54) is 16.7 Å². The molecular formula is C22H26N2. The van der Waals surface area contributed by atoms with E-state index in [1.807, 2.05) is 30.4 Å². The molecule has 0 heterocycles. The number of rotatable bonds is 8. The highest BCUT2D eigenvalue weighted by molar-refractivity contribution is 6.07. The van der Waals surface area contributed by atoms with Crippen LogP contribution in [0.1, 0.15) is 22.3 Å². The molecule has 0 radical (unpaired) electrons. The van der Waals surface area contributed by atoms with Crippen LogP contribution in [-0.4, -0.2) is 0 Å². The van der Waals surface area contributed by atoms with Crippen molar-refractivity contribution < 1.29 is 0 Å². The highest BCUT2D eigenvalue weighted by Crippen LogP contribution is 2.39. The number of nitrogen functional groups attached to an aromatic ring is 2. The Morgan fingerprint density at radius 1 is 0.667 bits per heavy atom. The number of allylic oxidation sites excluding steroid dienone is 4. The fourth-order valence-corrected chi connectivity index (χ4v) is 3.41. The van der Waals surface area contributed by atoms with Gasteiger partial charge >= 0.3 is 0 Å². The van der Waals surface area contributed by atoms with Gasteiger partial charge in [0.15, 0.2) is 0 Å². The molecule has 24 heavy (non-hydrogen) atoms. The summed E-state index contributed by atoms with van der Waals surface area (Å²) in [6, 6.07) is 4.00. The number of fused-ring (bicyclic) bond motifs is 1. The zero-order valence-electron chi connectivity index (χ0n) is 14.3. The lowest BCUT2D eigenvalue weighted by Crippen LogP contribution is -2.08. The quantitative estimate of drug-likeness (QED) is 0.536. The van der Waals surface area contributed by atoms with Gasteiger partial charge in [-0.2, -0.15) is 0 Å². The molecule has 2 rings (SSSR count). The summed E-state index contributed by atoms with van der Waals surface area (Å²) in [5.41, 5.74) is 19.0. The van der Waals surface area contributed by atoms with Gasteiger partial charge in [0.05, 0.1) is 0 Å². The molecule has 0 amide bonds. The minimum atomic E-state index is 0.705. The summed E-state index contributed by atoms with van der Waals surface area (Å²) in [6.45, 7) is 15.6. The molecule has 0 fully saturated rings. The van der Waals surface area contributed by atoms with Gasteiger partial charge in [0, 0.05) is 16.8 Å². The van der Waals surface area contributed by atoms with Crippen molar-refractivity contribution in [1.29, 1.82) is 0 Å². The molecule has 124 valence electrons. The van der Waals surface area contributed by atoms with Crippen LogP contribution in [0.2, 0.25) is 0 Å². The highest BCUT2D eigenvalue weighted by Gasteiger charge is 2.19. The molecule has 0 aliphatic rings. The van der Waals surface area contributed by atoms with Gasteiger partial charge in [-0.05, 0) is 59.4 Å². The van der Waals surface area contributed by atoms with Crippen LogP contribution in [0, 0.1) is 0 Å². The Hall–Kier alpha value is -2.74. The van der Waals surface area contributed by atoms with E-state index in [9.17, 15) is 0 Å². The van der Waals surface area contributed by atoms with Crippen molar-refractivity contribution in [2.45, 2.75) is 25.7 Å². The lowest BCUT2D eigenvalue weighted by Gasteiger charge is -2.22. The molecule has 0 bridgehead atoms. The minimum absolute atomic E-state index is 0.705. The molecule has 4 N–H and O–H groups in total. The molecule has 0 atom stereocenters. The predicted molar refractivity (Wildman–Crippen MR) is 108 cm³/mol. The largest absolute Gasteiger partial charge is 0.398 e. The van der Waals surface area contributed by atoms with Crippen LogP contribution in [-0.2, 0) is 25.7 Å². The Morgan fingerprint density at radius 2 is 1.21 bits per heavy atom. The topological polar surface area (TPSA) is 52.0 Å². The van der Waals surface area contributed by atoms with E-state index < -0.39 is 0 Å². The zero-order valence-corrected chi connectivity index (χ0v) is 14.3. The first kappa shape index (κ1) is 17.6. The molecular weight excluding hydrogens is 292 g/mol. The Balaban J connectivity index is 3.06. The van der Waals surface area contributed by atoms with Crippen molar-refractivity contribution in [3.05, 3.63) is 85.0 Å².